The van der Waals surface area contributed by atoms with Gasteiger partial charge in [-0.1, -0.05) is 18.2 Å². The molecular weight excluding hydrogens is 296 g/mol. The molecule has 1 atom stereocenters. The molecule has 0 saturated heterocycles. The van der Waals surface area contributed by atoms with Crippen molar-refractivity contribution in [2.45, 2.75) is 25.4 Å². The fourth-order valence-corrected chi connectivity index (χ4v) is 3.31. The summed E-state index contributed by atoms with van der Waals surface area (Å²) in [6.45, 7) is 0.512. The van der Waals surface area contributed by atoms with Crippen molar-refractivity contribution >= 4 is 17.4 Å². The van der Waals surface area contributed by atoms with Crippen LogP contribution in [0.25, 0.3) is 0 Å². The SMILES string of the molecule is COc1ccc(CNC(=O)NC(c2cccs2)C2CC2)cc1. The van der Waals surface area contributed by atoms with Crippen LogP contribution in [0.15, 0.2) is 41.8 Å². The summed E-state index contributed by atoms with van der Waals surface area (Å²) in [7, 11) is 1.64. The molecule has 1 heterocycles. The molecule has 2 N–H and O–H groups in total. The van der Waals surface area contributed by atoms with Gasteiger partial charge in [-0.2, -0.15) is 0 Å². The lowest BCUT2D eigenvalue weighted by molar-refractivity contribution is 0.235. The van der Waals surface area contributed by atoms with E-state index < -0.39 is 0 Å². The van der Waals surface area contributed by atoms with Crippen molar-refractivity contribution in [2.24, 2.45) is 5.92 Å². The Kier molecular flexibility index (Phi) is 4.63. The molecule has 1 aliphatic rings. The van der Waals surface area contributed by atoms with E-state index >= 15 is 0 Å². The van der Waals surface area contributed by atoms with E-state index in [0.717, 1.165) is 11.3 Å². The van der Waals surface area contributed by atoms with E-state index in [9.17, 15) is 4.79 Å². The number of amides is 2. The molecule has 1 fully saturated rings. The van der Waals surface area contributed by atoms with Gasteiger partial charge in [0.1, 0.15) is 5.75 Å². The average Bonchev–Trinajstić information content (AvgIpc) is 3.25. The predicted molar refractivity (Wildman–Crippen MR) is 88.1 cm³/mol. The van der Waals surface area contributed by atoms with Gasteiger partial charge in [0.25, 0.3) is 0 Å². The molecule has 0 aliphatic heterocycles. The standard InChI is InChI=1S/C17H20N2O2S/c1-21-14-8-4-12(5-9-14)11-18-17(20)19-16(13-6-7-13)15-3-2-10-22-15/h2-5,8-10,13,16H,6-7,11H2,1H3,(H2,18,19,20). The molecule has 0 bridgehead atoms. The van der Waals surface area contributed by atoms with Gasteiger partial charge in [0.15, 0.2) is 0 Å². The molecule has 2 aromatic rings. The van der Waals surface area contributed by atoms with Crippen molar-refractivity contribution < 1.29 is 9.53 Å². The maximum atomic E-state index is 12.1. The van der Waals surface area contributed by atoms with E-state index in [1.54, 1.807) is 18.4 Å². The second kappa shape index (κ2) is 6.83. The van der Waals surface area contributed by atoms with Crippen LogP contribution in [0.2, 0.25) is 0 Å². The number of nitrogens with one attached hydrogen (secondary N) is 2. The first-order chi connectivity index (χ1) is 10.8. The van der Waals surface area contributed by atoms with Gasteiger partial charge in [-0.25, -0.2) is 4.79 Å². The van der Waals surface area contributed by atoms with Gasteiger partial charge >= 0.3 is 6.03 Å². The number of ether oxygens (including phenoxy) is 1. The lowest BCUT2D eigenvalue weighted by Crippen LogP contribution is -2.38. The van der Waals surface area contributed by atoms with Crippen LogP contribution < -0.4 is 15.4 Å². The molecule has 1 aromatic carbocycles. The smallest absolute Gasteiger partial charge is 0.315 e. The topological polar surface area (TPSA) is 50.4 Å². The molecule has 1 aliphatic carbocycles. The predicted octanol–water partition coefficient (Wildman–Crippen LogP) is 3.71. The maximum absolute atomic E-state index is 12.1. The number of hydrogen-bond donors (Lipinski definition) is 2. The second-order valence-corrected chi connectivity index (χ2v) is 6.48. The van der Waals surface area contributed by atoms with Crippen molar-refractivity contribution in [1.29, 1.82) is 0 Å². The Labute approximate surface area is 134 Å². The average molecular weight is 316 g/mol. The number of urea groups is 1. The summed E-state index contributed by atoms with van der Waals surface area (Å²) >= 11 is 1.70. The third kappa shape index (κ3) is 3.80. The highest BCUT2D eigenvalue weighted by atomic mass is 32.1. The van der Waals surface area contributed by atoms with Crippen molar-refractivity contribution in [3.8, 4) is 5.75 Å². The Bertz CT molecular complexity index is 606. The molecule has 2 amide bonds. The van der Waals surface area contributed by atoms with Gasteiger partial charge in [0.05, 0.1) is 13.2 Å². The summed E-state index contributed by atoms with van der Waals surface area (Å²) in [5.74, 6) is 1.41. The number of carbonyl (C=O) groups excluding carboxylic acids is 1. The number of hydrogen-bond acceptors (Lipinski definition) is 3. The summed E-state index contributed by atoms with van der Waals surface area (Å²) in [5.41, 5.74) is 1.05. The molecule has 1 aromatic heterocycles. The zero-order chi connectivity index (χ0) is 15.4. The van der Waals surface area contributed by atoms with Crippen molar-refractivity contribution in [3.05, 3.63) is 52.2 Å². The summed E-state index contributed by atoms with van der Waals surface area (Å²) < 4.78 is 5.12. The van der Waals surface area contributed by atoms with Crippen LogP contribution in [-0.2, 0) is 6.54 Å². The van der Waals surface area contributed by atoms with Gasteiger partial charge in [-0.3, -0.25) is 0 Å². The van der Waals surface area contributed by atoms with Gasteiger partial charge in [-0.15, -0.1) is 11.3 Å². The third-order valence-electron chi connectivity index (χ3n) is 3.84. The highest BCUT2D eigenvalue weighted by Crippen LogP contribution is 2.42. The zero-order valence-corrected chi connectivity index (χ0v) is 13.4. The Morgan fingerprint density at radius 2 is 2.09 bits per heavy atom. The molecule has 116 valence electrons. The molecule has 3 rings (SSSR count). The number of rotatable bonds is 6. The van der Waals surface area contributed by atoms with Gasteiger partial charge in [0.2, 0.25) is 0 Å². The first-order valence-corrected chi connectivity index (χ1v) is 8.35. The molecule has 0 spiro atoms. The second-order valence-electron chi connectivity index (χ2n) is 5.51. The van der Waals surface area contributed by atoms with Crippen LogP contribution in [0.5, 0.6) is 5.75 Å². The fraction of sp³-hybridized carbons (Fsp3) is 0.353. The minimum absolute atomic E-state index is 0.110. The molecule has 1 saturated carbocycles. The Hall–Kier alpha value is -2.01. The van der Waals surface area contributed by atoms with E-state index in [0.29, 0.717) is 12.5 Å². The first-order valence-electron chi connectivity index (χ1n) is 7.47. The Morgan fingerprint density at radius 3 is 2.68 bits per heavy atom. The number of carbonyl (C=O) groups is 1. The molecule has 1 unspecified atom stereocenters. The normalized spacial score (nSPS) is 15.1. The maximum Gasteiger partial charge on any atom is 0.315 e. The van der Waals surface area contributed by atoms with Crippen LogP contribution in [0.4, 0.5) is 4.79 Å². The zero-order valence-electron chi connectivity index (χ0n) is 12.5. The largest absolute Gasteiger partial charge is 0.497 e. The number of thiophene rings is 1. The summed E-state index contributed by atoms with van der Waals surface area (Å²) in [5, 5.41) is 8.09. The van der Waals surface area contributed by atoms with E-state index in [1.807, 2.05) is 30.3 Å². The molecule has 5 heteroatoms. The Morgan fingerprint density at radius 1 is 1.32 bits per heavy atom. The van der Waals surface area contributed by atoms with E-state index in [1.165, 1.54) is 17.7 Å². The van der Waals surface area contributed by atoms with Crippen molar-refractivity contribution in [1.82, 2.24) is 10.6 Å². The van der Waals surface area contributed by atoms with E-state index in [-0.39, 0.29) is 12.1 Å². The summed E-state index contributed by atoms with van der Waals surface area (Å²) in [6, 6.07) is 11.9. The van der Waals surface area contributed by atoms with Gasteiger partial charge in [0, 0.05) is 11.4 Å². The first kappa shape index (κ1) is 14.9. The molecule has 0 radical (unpaired) electrons. The molecule has 22 heavy (non-hydrogen) atoms. The highest BCUT2D eigenvalue weighted by molar-refractivity contribution is 7.10. The third-order valence-corrected chi connectivity index (χ3v) is 4.80. The minimum Gasteiger partial charge on any atom is -0.497 e. The Balaban J connectivity index is 1.52. The lowest BCUT2D eigenvalue weighted by atomic mass is 10.1. The van der Waals surface area contributed by atoms with Gasteiger partial charge < -0.3 is 15.4 Å². The van der Waals surface area contributed by atoms with E-state index in [4.69, 9.17) is 4.74 Å². The molecule has 4 nitrogen and oxygen atoms in total. The monoisotopic (exact) mass is 316 g/mol. The van der Waals surface area contributed by atoms with Crippen LogP contribution in [0, 0.1) is 5.92 Å². The fourth-order valence-electron chi connectivity index (χ4n) is 2.44. The quantitative estimate of drug-likeness (QED) is 0.853. The minimum atomic E-state index is -0.110. The van der Waals surface area contributed by atoms with Crippen LogP contribution in [-0.4, -0.2) is 13.1 Å². The number of benzene rings is 1. The van der Waals surface area contributed by atoms with Crippen LogP contribution >= 0.6 is 11.3 Å². The van der Waals surface area contributed by atoms with E-state index in [2.05, 4.69) is 22.1 Å². The highest BCUT2D eigenvalue weighted by Gasteiger charge is 2.33. The lowest BCUT2D eigenvalue weighted by Gasteiger charge is -2.17. The summed E-state index contributed by atoms with van der Waals surface area (Å²) in [4.78, 5) is 13.4. The van der Waals surface area contributed by atoms with Crippen LogP contribution in [0.1, 0.15) is 29.3 Å². The number of methoxy groups -OCH3 is 1. The summed E-state index contributed by atoms with van der Waals surface area (Å²) in [6.07, 6.45) is 2.39. The van der Waals surface area contributed by atoms with Crippen molar-refractivity contribution in [2.75, 3.05) is 7.11 Å². The molecular formula is C17H20N2O2S. The van der Waals surface area contributed by atoms with Crippen LogP contribution in [0.3, 0.4) is 0 Å². The van der Waals surface area contributed by atoms with Gasteiger partial charge in [-0.05, 0) is 47.9 Å². The van der Waals surface area contributed by atoms with Crippen molar-refractivity contribution in [3.63, 3.8) is 0 Å².